The molecule has 0 atom stereocenters. The lowest BCUT2D eigenvalue weighted by Gasteiger charge is -2.29. The van der Waals surface area contributed by atoms with Gasteiger partial charge in [0.25, 0.3) is 0 Å². The molecule has 0 saturated carbocycles. The largest absolute Gasteiger partial charge is 0.459 e. The molecule has 4 heteroatoms. The third-order valence-corrected chi connectivity index (χ3v) is 2.95. The summed E-state index contributed by atoms with van der Waals surface area (Å²) in [6, 6.07) is 10.4. The van der Waals surface area contributed by atoms with Gasteiger partial charge in [0.15, 0.2) is 0 Å². The topological polar surface area (TPSA) is 21.7 Å². The maximum atomic E-state index is 5.73. The van der Waals surface area contributed by atoms with Gasteiger partial charge in [-0.05, 0) is 17.9 Å². The number of benzene rings is 1. The molecule has 0 unspecified atom stereocenters. The summed E-state index contributed by atoms with van der Waals surface area (Å²) in [7, 11) is -0.0482. The molecule has 0 aliphatic carbocycles. The van der Waals surface area contributed by atoms with E-state index < -0.39 is 0 Å². The van der Waals surface area contributed by atoms with Gasteiger partial charge in [0, 0.05) is 32.0 Å². The Morgan fingerprint density at radius 3 is 2.18 bits per heavy atom. The van der Waals surface area contributed by atoms with Crippen LogP contribution in [0.2, 0.25) is 5.82 Å². The summed E-state index contributed by atoms with van der Waals surface area (Å²) in [5.74, 6) is 0.415. The lowest BCUT2D eigenvalue weighted by Crippen LogP contribution is -2.39. The molecule has 17 heavy (non-hydrogen) atoms. The molecule has 0 amide bonds. The van der Waals surface area contributed by atoms with Crippen molar-refractivity contribution in [2.75, 3.05) is 31.2 Å². The second kappa shape index (κ2) is 6.08. The van der Waals surface area contributed by atoms with Crippen LogP contribution in [0, 0.1) is 0 Å². The molecule has 3 nitrogen and oxygen atoms in total. The van der Waals surface area contributed by atoms with E-state index in [9.17, 15) is 0 Å². The lowest BCUT2D eigenvalue weighted by molar-refractivity contribution is 0.181. The van der Waals surface area contributed by atoms with Crippen molar-refractivity contribution in [1.29, 1.82) is 0 Å². The first kappa shape index (κ1) is 12.5. The molecule has 1 aromatic carbocycles. The van der Waals surface area contributed by atoms with Crippen LogP contribution in [0.5, 0.6) is 0 Å². The molecule has 1 aromatic rings. The predicted molar refractivity (Wildman–Crippen MR) is 71.4 cm³/mol. The third kappa shape index (κ3) is 3.48. The second-order valence-corrected chi connectivity index (χ2v) is 4.68. The molecule has 1 heterocycles. The zero-order chi connectivity index (χ0) is 12.1. The van der Waals surface area contributed by atoms with Crippen LogP contribution in [0.25, 0.3) is 0 Å². The zero-order valence-electron chi connectivity index (χ0n) is 10.6. The highest BCUT2D eigenvalue weighted by molar-refractivity contribution is 6.46. The van der Waals surface area contributed by atoms with Crippen molar-refractivity contribution >= 4 is 12.8 Å². The predicted octanol–water partition coefficient (Wildman–Crippen LogP) is 2.44. The molecule has 0 spiro atoms. The van der Waals surface area contributed by atoms with Gasteiger partial charge in [0.05, 0.1) is 0 Å². The molecule has 2 rings (SSSR count). The zero-order valence-corrected chi connectivity index (χ0v) is 10.6. The Morgan fingerprint density at radius 1 is 1.06 bits per heavy atom. The molecule has 1 aliphatic heterocycles. The summed E-state index contributed by atoms with van der Waals surface area (Å²) in [5.41, 5.74) is 1.24. The molecule has 92 valence electrons. The average Bonchev–Trinajstić information content (AvgIpc) is 2.29. The van der Waals surface area contributed by atoms with E-state index in [2.05, 4.69) is 43.0 Å². The summed E-state index contributed by atoms with van der Waals surface area (Å²) in [4.78, 5) is 2.30. The third-order valence-electron chi connectivity index (χ3n) is 2.95. The van der Waals surface area contributed by atoms with Crippen LogP contribution in [0.1, 0.15) is 13.8 Å². The average molecular weight is 233 g/mol. The minimum absolute atomic E-state index is 0.0482. The Morgan fingerprint density at radius 2 is 1.65 bits per heavy atom. The standard InChI is InChI=1S/C13H20BNO2/c1-12(2)14-16-10-8-15(9-11-17-14)13-6-4-3-5-7-13/h3-7,12H,8-11H2,1-2H3. The van der Waals surface area contributed by atoms with Crippen LogP contribution < -0.4 is 4.90 Å². The maximum Gasteiger partial charge on any atom is 0.459 e. The summed E-state index contributed by atoms with van der Waals surface area (Å²) in [6.07, 6.45) is 0. The van der Waals surface area contributed by atoms with Crippen molar-refractivity contribution in [3.63, 3.8) is 0 Å². The minimum Gasteiger partial charge on any atom is -0.409 e. The van der Waals surface area contributed by atoms with E-state index in [0.29, 0.717) is 5.82 Å². The van der Waals surface area contributed by atoms with Gasteiger partial charge in [0.2, 0.25) is 0 Å². The smallest absolute Gasteiger partial charge is 0.409 e. The number of nitrogens with zero attached hydrogens (tertiary/aromatic N) is 1. The van der Waals surface area contributed by atoms with Crippen LogP contribution >= 0.6 is 0 Å². The SMILES string of the molecule is CC(C)B1OCCN(c2ccccc2)CCO1. The summed E-state index contributed by atoms with van der Waals surface area (Å²) in [6.45, 7) is 7.55. The van der Waals surface area contributed by atoms with Crippen molar-refractivity contribution in [1.82, 2.24) is 0 Å². The number of hydrogen-bond donors (Lipinski definition) is 0. The van der Waals surface area contributed by atoms with Gasteiger partial charge in [0.1, 0.15) is 0 Å². The van der Waals surface area contributed by atoms with Gasteiger partial charge >= 0.3 is 7.12 Å². The fourth-order valence-corrected chi connectivity index (χ4v) is 2.00. The quantitative estimate of drug-likeness (QED) is 0.732. The van der Waals surface area contributed by atoms with Gasteiger partial charge < -0.3 is 14.2 Å². The Hall–Kier alpha value is -0.995. The molecule has 0 aromatic heterocycles. The van der Waals surface area contributed by atoms with Crippen molar-refractivity contribution in [3.05, 3.63) is 30.3 Å². The Kier molecular flexibility index (Phi) is 4.46. The number of hydrogen-bond acceptors (Lipinski definition) is 3. The first-order valence-corrected chi connectivity index (χ1v) is 6.30. The van der Waals surface area contributed by atoms with Crippen molar-refractivity contribution in [3.8, 4) is 0 Å². The van der Waals surface area contributed by atoms with Crippen LogP contribution in [0.3, 0.4) is 0 Å². The first-order chi connectivity index (χ1) is 8.27. The Balaban J connectivity index is 1.93. The van der Waals surface area contributed by atoms with E-state index in [1.165, 1.54) is 5.69 Å². The fraction of sp³-hybridized carbons (Fsp3) is 0.538. The molecule has 1 saturated heterocycles. The highest BCUT2D eigenvalue weighted by atomic mass is 16.6. The molecule has 0 N–H and O–H groups in total. The maximum absolute atomic E-state index is 5.73. The highest BCUT2D eigenvalue weighted by Crippen LogP contribution is 2.16. The van der Waals surface area contributed by atoms with E-state index in [0.717, 1.165) is 26.3 Å². The second-order valence-electron chi connectivity index (χ2n) is 4.68. The van der Waals surface area contributed by atoms with E-state index in [4.69, 9.17) is 9.31 Å². The summed E-state index contributed by atoms with van der Waals surface area (Å²) < 4.78 is 11.5. The number of rotatable bonds is 2. The fourth-order valence-electron chi connectivity index (χ4n) is 2.00. The highest BCUT2D eigenvalue weighted by Gasteiger charge is 2.25. The first-order valence-electron chi connectivity index (χ1n) is 6.30. The normalized spacial score (nSPS) is 18.1. The summed E-state index contributed by atoms with van der Waals surface area (Å²) in [5, 5.41) is 0. The Labute approximate surface area is 104 Å². The molecule has 1 aliphatic rings. The monoisotopic (exact) mass is 233 g/mol. The Bertz CT molecular complexity index is 321. The van der Waals surface area contributed by atoms with Crippen LogP contribution in [0.4, 0.5) is 5.69 Å². The molecule has 0 bridgehead atoms. The number of anilines is 1. The number of para-hydroxylation sites is 1. The van der Waals surface area contributed by atoms with Crippen LogP contribution in [-0.2, 0) is 9.31 Å². The van der Waals surface area contributed by atoms with Gasteiger partial charge in [-0.1, -0.05) is 32.0 Å². The molecule has 1 fully saturated rings. The van der Waals surface area contributed by atoms with E-state index in [1.54, 1.807) is 0 Å². The molecule has 0 radical (unpaired) electrons. The molecular weight excluding hydrogens is 213 g/mol. The van der Waals surface area contributed by atoms with Crippen molar-refractivity contribution in [2.24, 2.45) is 0 Å². The van der Waals surface area contributed by atoms with E-state index in [1.807, 2.05) is 6.07 Å². The molecular formula is C13H20BNO2. The van der Waals surface area contributed by atoms with Crippen molar-refractivity contribution in [2.45, 2.75) is 19.7 Å². The van der Waals surface area contributed by atoms with Gasteiger partial charge in [-0.2, -0.15) is 0 Å². The minimum atomic E-state index is -0.0482. The van der Waals surface area contributed by atoms with E-state index >= 15 is 0 Å². The lowest BCUT2D eigenvalue weighted by atomic mass is 9.74. The van der Waals surface area contributed by atoms with Gasteiger partial charge in [-0.25, -0.2) is 0 Å². The van der Waals surface area contributed by atoms with Gasteiger partial charge in [-0.15, -0.1) is 0 Å². The van der Waals surface area contributed by atoms with E-state index in [-0.39, 0.29) is 7.12 Å². The van der Waals surface area contributed by atoms with Crippen LogP contribution in [-0.4, -0.2) is 33.4 Å². The van der Waals surface area contributed by atoms with Crippen LogP contribution in [0.15, 0.2) is 30.3 Å². The van der Waals surface area contributed by atoms with Crippen molar-refractivity contribution < 1.29 is 9.31 Å². The summed E-state index contributed by atoms with van der Waals surface area (Å²) >= 11 is 0. The van der Waals surface area contributed by atoms with Gasteiger partial charge in [-0.3, -0.25) is 0 Å².